The Balaban J connectivity index is 1.80. The Kier molecular flexibility index (Phi) is 3.79. The molecule has 5 nitrogen and oxygen atoms in total. The van der Waals surface area contributed by atoms with Crippen LogP contribution in [0.1, 0.15) is 10.6 Å². The summed E-state index contributed by atoms with van der Waals surface area (Å²) in [6.45, 7) is 0. The highest BCUT2D eigenvalue weighted by atomic mass is 79.9. The molecule has 0 atom stereocenters. The highest BCUT2D eigenvalue weighted by Crippen LogP contribution is 2.21. The minimum Gasteiger partial charge on any atom is -0.318 e. The third-order valence-corrected chi connectivity index (χ3v) is 3.53. The minimum absolute atomic E-state index is 0.120. The largest absolute Gasteiger partial charge is 0.318 e. The Bertz CT molecular complexity index is 770. The SMILES string of the molecule is O=C(Nc1ccccc1Br)c1ncn(-c2ccccc2)n1. The fraction of sp³-hybridized carbons (Fsp3) is 0. The van der Waals surface area contributed by atoms with Gasteiger partial charge in [0.2, 0.25) is 5.82 Å². The first-order valence-electron chi connectivity index (χ1n) is 6.27. The molecule has 0 aliphatic rings. The molecule has 0 saturated carbocycles. The van der Waals surface area contributed by atoms with Crippen molar-refractivity contribution >= 4 is 27.5 Å². The van der Waals surface area contributed by atoms with Crippen molar-refractivity contribution < 1.29 is 4.79 Å². The second kappa shape index (κ2) is 5.88. The number of benzene rings is 2. The first-order chi connectivity index (χ1) is 10.2. The summed E-state index contributed by atoms with van der Waals surface area (Å²) in [5.74, 6) is -0.230. The van der Waals surface area contributed by atoms with Gasteiger partial charge in [0.15, 0.2) is 0 Å². The molecule has 0 spiro atoms. The highest BCUT2D eigenvalue weighted by molar-refractivity contribution is 9.10. The van der Waals surface area contributed by atoms with E-state index in [1.165, 1.54) is 6.33 Å². The lowest BCUT2D eigenvalue weighted by molar-refractivity contribution is 0.101. The van der Waals surface area contributed by atoms with Gasteiger partial charge in [0, 0.05) is 4.47 Å². The molecule has 0 radical (unpaired) electrons. The van der Waals surface area contributed by atoms with Gasteiger partial charge in [-0.25, -0.2) is 9.67 Å². The van der Waals surface area contributed by atoms with E-state index < -0.39 is 0 Å². The molecule has 1 N–H and O–H groups in total. The van der Waals surface area contributed by atoms with Crippen LogP contribution in [-0.2, 0) is 0 Å². The average molecular weight is 343 g/mol. The fourth-order valence-corrected chi connectivity index (χ4v) is 2.20. The molecule has 0 aliphatic heterocycles. The third-order valence-electron chi connectivity index (χ3n) is 2.84. The van der Waals surface area contributed by atoms with E-state index in [4.69, 9.17) is 0 Å². The molecule has 2 aromatic carbocycles. The summed E-state index contributed by atoms with van der Waals surface area (Å²) in [6.07, 6.45) is 1.52. The Morgan fingerprint density at radius 2 is 1.76 bits per heavy atom. The van der Waals surface area contributed by atoms with Gasteiger partial charge in [-0.15, -0.1) is 5.10 Å². The first kappa shape index (κ1) is 13.5. The van der Waals surface area contributed by atoms with Gasteiger partial charge < -0.3 is 5.32 Å². The van der Waals surface area contributed by atoms with Gasteiger partial charge in [0.1, 0.15) is 6.33 Å². The zero-order chi connectivity index (χ0) is 14.7. The smallest absolute Gasteiger partial charge is 0.295 e. The number of amides is 1. The molecular formula is C15H11BrN4O. The van der Waals surface area contributed by atoms with E-state index in [0.29, 0.717) is 5.69 Å². The average Bonchev–Trinajstić information content (AvgIpc) is 3.00. The summed E-state index contributed by atoms with van der Waals surface area (Å²) in [5, 5.41) is 6.95. The number of carbonyl (C=O) groups is 1. The Hall–Kier alpha value is -2.47. The van der Waals surface area contributed by atoms with Crippen molar-refractivity contribution in [1.82, 2.24) is 14.8 Å². The summed E-state index contributed by atoms with van der Waals surface area (Å²) in [5.41, 5.74) is 1.53. The van der Waals surface area contributed by atoms with E-state index in [1.807, 2.05) is 48.5 Å². The number of nitrogens with zero attached hydrogens (tertiary/aromatic N) is 3. The number of rotatable bonds is 3. The fourth-order valence-electron chi connectivity index (χ4n) is 1.81. The lowest BCUT2D eigenvalue weighted by Crippen LogP contribution is -2.14. The standard InChI is InChI=1S/C15H11BrN4O/c16-12-8-4-5-9-13(12)18-15(21)14-17-10-20(19-14)11-6-2-1-3-7-11/h1-10H,(H,18,21). The van der Waals surface area contributed by atoms with Gasteiger partial charge in [-0.3, -0.25) is 4.79 Å². The van der Waals surface area contributed by atoms with Gasteiger partial charge in [-0.1, -0.05) is 30.3 Å². The molecule has 3 rings (SSSR count). The molecule has 1 heterocycles. The maximum absolute atomic E-state index is 12.1. The highest BCUT2D eigenvalue weighted by Gasteiger charge is 2.13. The Labute approximate surface area is 129 Å². The van der Waals surface area contributed by atoms with Crippen LogP contribution in [0.3, 0.4) is 0 Å². The van der Waals surface area contributed by atoms with Crippen molar-refractivity contribution in [2.75, 3.05) is 5.32 Å². The van der Waals surface area contributed by atoms with Gasteiger partial charge >= 0.3 is 0 Å². The minimum atomic E-state index is -0.350. The monoisotopic (exact) mass is 342 g/mol. The molecule has 0 unspecified atom stereocenters. The second-order valence-corrected chi connectivity index (χ2v) is 5.14. The first-order valence-corrected chi connectivity index (χ1v) is 7.06. The number of aromatic nitrogens is 3. The van der Waals surface area contributed by atoms with Crippen LogP contribution in [0.25, 0.3) is 5.69 Å². The van der Waals surface area contributed by atoms with Crippen LogP contribution in [0.5, 0.6) is 0 Å². The van der Waals surface area contributed by atoms with Crippen molar-refractivity contribution in [3.8, 4) is 5.69 Å². The number of para-hydroxylation sites is 2. The Morgan fingerprint density at radius 1 is 1.05 bits per heavy atom. The molecule has 6 heteroatoms. The molecule has 3 aromatic rings. The van der Waals surface area contributed by atoms with Crippen molar-refractivity contribution in [3.05, 3.63) is 71.2 Å². The predicted octanol–water partition coefficient (Wildman–Crippen LogP) is 3.28. The number of halogens is 1. The second-order valence-electron chi connectivity index (χ2n) is 4.28. The van der Waals surface area contributed by atoms with Gasteiger partial charge in [0.05, 0.1) is 11.4 Å². The van der Waals surface area contributed by atoms with Gasteiger partial charge in [-0.2, -0.15) is 0 Å². The quantitative estimate of drug-likeness (QED) is 0.794. The number of anilines is 1. The summed E-state index contributed by atoms with van der Waals surface area (Å²) in [6, 6.07) is 16.9. The topological polar surface area (TPSA) is 59.8 Å². The number of nitrogens with one attached hydrogen (secondary N) is 1. The van der Waals surface area contributed by atoms with Crippen LogP contribution in [0, 0.1) is 0 Å². The number of carbonyl (C=O) groups excluding carboxylic acids is 1. The molecule has 1 amide bonds. The summed E-state index contributed by atoms with van der Waals surface area (Å²) < 4.78 is 2.37. The molecule has 0 fully saturated rings. The van der Waals surface area contributed by atoms with Crippen molar-refractivity contribution in [3.63, 3.8) is 0 Å². The summed E-state index contributed by atoms with van der Waals surface area (Å²) in [4.78, 5) is 16.2. The molecule has 0 bridgehead atoms. The molecule has 104 valence electrons. The summed E-state index contributed by atoms with van der Waals surface area (Å²) in [7, 11) is 0. The normalized spacial score (nSPS) is 10.3. The van der Waals surface area contributed by atoms with Crippen LogP contribution in [-0.4, -0.2) is 20.7 Å². The molecule has 21 heavy (non-hydrogen) atoms. The van der Waals surface area contributed by atoms with Gasteiger partial charge in [0.25, 0.3) is 5.91 Å². The van der Waals surface area contributed by atoms with Crippen LogP contribution in [0.4, 0.5) is 5.69 Å². The van der Waals surface area contributed by atoms with E-state index in [2.05, 4.69) is 31.3 Å². The number of hydrogen-bond donors (Lipinski definition) is 1. The summed E-state index contributed by atoms with van der Waals surface area (Å²) >= 11 is 3.38. The molecule has 1 aromatic heterocycles. The molecule has 0 aliphatic carbocycles. The van der Waals surface area contributed by atoms with E-state index in [-0.39, 0.29) is 11.7 Å². The van der Waals surface area contributed by atoms with Crippen LogP contribution in [0.2, 0.25) is 0 Å². The predicted molar refractivity (Wildman–Crippen MR) is 83.5 cm³/mol. The van der Waals surface area contributed by atoms with E-state index in [9.17, 15) is 4.79 Å². The van der Waals surface area contributed by atoms with E-state index in [1.54, 1.807) is 10.7 Å². The zero-order valence-electron chi connectivity index (χ0n) is 10.9. The molecule has 0 saturated heterocycles. The third kappa shape index (κ3) is 3.00. The zero-order valence-corrected chi connectivity index (χ0v) is 12.5. The lowest BCUT2D eigenvalue weighted by atomic mass is 10.3. The van der Waals surface area contributed by atoms with Crippen LogP contribution >= 0.6 is 15.9 Å². The lowest BCUT2D eigenvalue weighted by Gasteiger charge is -2.04. The maximum Gasteiger partial charge on any atom is 0.295 e. The van der Waals surface area contributed by atoms with Crippen molar-refractivity contribution in [2.45, 2.75) is 0 Å². The van der Waals surface area contributed by atoms with Crippen LogP contribution < -0.4 is 5.32 Å². The Morgan fingerprint density at radius 3 is 2.52 bits per heavy atom. The molecular weight excluding hydrogens is 332 g/mol. The van der Waals surface area contributed by atoms with Crippen molar-refractivity contribution in [2.24, 2.45) is 0 Å². The van der Waals surface area contributed by atoms with Gasteiger partial charge in [-0.05, 0) is 40.2 Å². The van der Waals surface area contributed by atoms with Crippen LogP contribution in [0.15, 0.2) is 65.4 Å². The maximum atomic E-state index is 12.1. The van der Waals surface area contributed by atoms with E-state index in [0.717, 1.165) is 10.2 Å². The van der Waals surface area contributed by atoms with E-state index >= 15 is 0 Å². The van der Waals surface area contributed by atoms with Crippen molar-refractivity contribution in [1.29, 1.82) is 0 Å². The number of hydrogen-bond acceptors (Lipinski definition) is 3.